The van der Waals surface area contributed by atoms with E-state index in [9.17, 15) is 4.79 Å². The first-order valence-electron chi connectivity index (χ1n) is 8.33. The van der Waals surface area contributed by atoms with Crippen LogP contribution < -0.4 is 0 Å². The fourth-order valence-electron chi connectivity index (χ4n) is 2.92. The molecule has 24 heavy (non-hydrogen) atoms. The molecule has 126 valence electrons. The van der Waals surface area contributed by atoms with Gasteiger partial charge in [0.2, 0.25) is 5.91 Å². The van der Waals surface area contributed by atoms with Crippen molar-refractivity contribution in [2.45, 2.75) is 32.6 Å². The number of amides is 1. The average molecular weight is 341 g/mol. The second-order valence-electron chi connectivity index (χ2n) is 6.14. The van der Waals surface area contributed by atoms with Crippen molar-refractivity contribution < 1.29 is 4.79 Å². The molecule has 1 amide bonds. The van der Waals surface area contributed by atoms with Gasteiger partial charge in [0, 0.05) is 48.4 Å². The molecule has 0 aliphatic heterocycles. The van der Waals surface area contributed by atoms with Gasteiger partial charge in [-0.2, -0.15) is 0 Å². The predicted molar refractivity (Wildman–Crippen MR) is 99.4 cm³/mol. The Morgan fingerprint density at radius 3 is 2.92 bits per heavy atom. The van der Waals surface area contributed by atoms with Crippen molar-refractivity contribution in [3.8, 4) is 0 Å². The number of para-hydroxylation sites is 1. The number of hydrogen-bond donors (Lipinski definition) is 1. The van der Waals surface area contributed by atoms with Gasteiger partial charge in [-0.25, -0.2) is 4.98 Å². The number of benzene rings is 1. The van der Waals surface area contributed by atoms with Crippen LogP contribution in [0.2, 0.25) is 0 Å². The van der Waals surface area contributed by atoms with E-state index in [4.69, 9.17) is 0 Å². The number of thiazole rings is 1. The number of carbonyl (C=O) groups excluding carboxylic acids is 1. The van der Waals surface area contributed by atoms with Crippen molar-refractivity contribution in [2.75, 3.05) is 13.6 Å². The van der Waals surface area contributed by atoms with E-state index in [-0.39, 0.29) is 5.91 Å². The summed E-state index contributed by atoms with van der Waals surface area (Å²) >= 11 is 1.67. The number of aromatic amines is 1. The molecule has 1 N–H and O–H groups in total. The molecule has 0 aliphatic carbocycles. The number of aryl methyl sites for hydroxylation is 2. The molecule has 2 heterocycles. The van der Waals surface area contributed by atoms with Crippen LogP contribution in [0.15, 0.2) is 36.0 Å². The summed E-state index contributed by atoms with van der Waals surface area (Å²) in [5.74, 6) is 0.219. The standard InChI is InChI=1S/C19H23N3OS/c1-14-18(24-13-21-14)10-11-22(2)19(23)9-5-6-15-12-20-17-8-4-3-7-16(15)17/h3-4,7-8,12-13,20H,5-6,9-11H2,1-2H3. The summed E-state index contributed by atoms with van der Waals surface area (Å²) in [4.78, 5) is 22.9. The molecule has 0 spiro atoms. The summed E-state index contributed by atoms with van der Waals surface area (Å²) in [6.45, 7) is 2.78. The van der Waals surface area contributed by atoms with Gasteiger partial charge >= 0.3 is 0 Å². The highest BCUT2D eigenvalue weighted by atomic mass is 32.1. The third kappa shape index (κ3) is 3.85. The number of fused-ring (bicyclic) bond motifs is 1. The first kappa shape index (κ1) is 16.7. The highest BCUT2D eigenvalue weighted by molar-refractivity contribution is 7.09. The summed E-state index contributed by atoms with van der Waals surface area (Å²) in [5.41, 5.74) is 5.41. The van der Waals surface area contributed by atoms with E-state index in [0.29, 0.717) is 6.42 Å². The molecular formula is C19H23N3OS. The minimum atomic E-state index is 0.219. The first-order valence-corrected chi connectivity index (χ1v) is 9.21. The predicted octanol–water partition coefficient (Wildman–Crippen LogP) is 3.96. The lowest BCUT2D eigenvalue weighted by atomic mass is 10.1. The normalized spacial score (nSPS) is 11.1. The Morgan fingerprint density at radius 2 is 2.12 bits per heavy atom. The quantitative estimate of drug-likeness (QED) is 0.707. The number of likely N-dealkylation sites (N-methyl/N-ethyl adjacent to an activating group) is 1. The van der Waals surface area contributed by atoms with Gasteiger partial charge in [-0.05, 0) is 31.4 Å². The molecule has 3 aromatic rings. The zero-order valence-electron chi connectivity index (χ0n) is 14.2. The molecular weight excluding hydrogens is 318 g/mol. The van der Waals surface area contributed by atoms with Gasteiger partial charge in [0.25, 0.3) is 0 Å². The second-order valence-corrected chi connectivity index (χ2v) is 7.08. The third-order valence-electron chi connectivity index (χ3n) is 4.46. The van der Waals surface area contributed by atoms with E-state index < -0.39 is 0 Å². The number of aromatic nitrogens is 2. The molecule has 0 radical (unpaired) electrons. The molecule has 0 unspecified atom stereocenters. The Kier molecular flexibility index (Phi) is 5.30. The topological polar surface area (TPSA) is 49.0 Å². The van der Waals surface area contributed by atoms with E-state index in [2.05, 4.69) is 34.4 Å². The van der Waals surface area contributed by atoms with Crippen LogP contribution in [0.25, 0.3) is 10.9 Å². The zero-order chi connectivity index (χ0) is 16.9. The molecule has 0 atom stereocenters. The fourth-order valence-corrected chi connectivity index (χ4v) is 3.69. The van der Waals surface area contributed by atoms with Gasteiger partial charge in [-0.15, -0.1) is 11.3 Å². The number of nitrogens with zero attached hydrogens (tertiary/aromatic N) is 2. The van der Waals surface area contributed by atoms with Crippen LogP contribution in [0.5, 0.6) is 0 Å². The van der Waals surface area contributed by atoms with E-state index in [1.54, 1.807) is 11.3 Å². The van der Waals surface area contributed by atoms with Crippen LogP contribution in [0.4, 0.5) is 0 Å². The number of H-pyrrole nitrogens is 1. The smallest absolute Gasteiger partial charge is 0.222 e. The molecule has 0 saturated heterocycles. The summed E-state index contributed by atoms with van der Waals surface area (Å²) in [6.07, 6.45) is 5.35. The largest absolute Gasteiger partial charge is 0.361 e. The molecule has 4 nitrogen and oxygen atoms in total. The maximum absolute atomic E-state index is 12.3. The minimum Gasteiger partial charge on any atom is -0.361 e. The molecule has 5 heteroatoms. The van der Waals surface area contributed by atoms with Crippen molar-refractivity contribution in [2.24, 2.45) is 0 Å². The van der Waals surface area contributed by atoms with Crippen LogP contribution in [0.3, 0.4) is 0 Å². The van der Waals surface area contributed by atoms with Gasteiger partial charge in [0.05, 0.1) is 11.2 Å². The van der Waals surface area contributed by atoms with E-state index >= 15 is 0 Å². The van der Waals surface area contributed by atoms with Crippen molar-refractivity contribution in [3.05, 3.63) is 52.1 Å². The Labute approximate surface area is 146 Å². The van der Waals surface area contributed by atoms with Crippen LogP contribution in [-0.4, -0.2) is 34.4 Å². The van der Waals surface area contributed by atoms with Crippen LogP contribution >= 0.6 is 11.3 Å². The van der Waals surface area contributed by atoms with E-state index in [0.717, 1.165) is 37.0 Å². The molecule has 3 rings (SSSR count). The van der Waals surface area contributed by atoms with Gasteiger partial charge in [-0.1, -0.05) is 18.2 Å². The highest BCUT2D eigenvalue weighted by Crippen LogP contribution is 2.19. The maximum atomic E-state index is 12.3. The summed E-state index contributed by atoms with van der Waals surface area (Å²) in [5, 5.41) is 1.26. The SMILES string of the molecule is Cc1ncsc1CCN(C)C(=O)CCCc1c[nH]c2ccccc12. The van der Waals surface area contributed by atoms with Crippen molar-refractivity contribution >= 4 is 28.1 Å². The van der Waals surface area contributed by atoms with Crippen LogP contribution in [0.1, 0.15) is 29.0 Å². The first-order chi connectivity index (χ1) is 11.6. The molecule has 0 bridgehead atoms. The van der Waals surface area contributed by atoms with Crippen LogP contribution in [0, 0.1) is 6.92 Å². The fraction of sp³-hybridized carbons (Fsp3) is 0.368. The Morgan fingerprint density at radius 1 is 1.29 bits per heavy atom. The van der Waals surface area contributed by atoms with Crippen molar-refractivity contribution in [1.82, 2.24) is 14.9 Å². The molecule has 0 aliphatic rings. The lowest BCUT2D eigenvalue weighted by molar-refractivity contribution is -0.129. The average Bonchev–Trinajstić information content (AvgIpc) is 3.19. The number of hydrogen-bond acceptors (Lipinski definition) is 3. The zero-order valence-corrected chi connectivity index (χ0v) is 15.0. The molecule has 2 aromatic heterocycles. The van der Waals surface area contributed by atoms with Crippen molar-refractivity contribution in [1.29, 1.82) is 0 Å². The summed E-state index contributed by atoms with van der Waals surface area (Å²) in [7, 11) is 1.89. The molecule has 0 fully saturated rings. The Hall–Kier alpha value is -2.14. The van der Waals surface area contributed by atoms with Crippen LogP contribution in [-0.2, 0) is 17.6 Å². The van der Waals surface area contributed by atoms with E-state index in [1.807, 2.05) is 30.4 Å². The summed E-state index contributed by atoms with van der Waals surface area (Å²) in [6, 6.07) is 8.30. The molecule has 1 aromatic carbocycles. The lowest BCUT2D eigenvalue weighted by Crippen LogP contribution is -2.28. The number of rotatable bonds is 7. The Bertz CT molecular complexity index is 821. The van der Waals surface area contributed by atoms with Gasteiger partial charge in [0.15, 0.2) is 0 Å². The monoisotopic (exact) mass is 341 g/mol. The highest BCUT2D eigenvalue weighted by Gasteiger charge is 2.11. The van der Waals surface area contributed by atoms with Gasteiger partial charge < -0.3 is 9.88 Å². The van der Waals surface area contributed by atoms with Gasteiger partial charge in [0.1, 0.15) is 0 Å². The summed E-state index contributed by atoms with van der Waals surface area (Å²) < 4.78 is 0. The lowest BCUT2D eigenvalue weighted by Gasteiger charge is -2.16. The minimum absolute atomic E-state index is 0.219. The maximum Gasteiger partial charge on any atom is 0.222 e. The van der Waals surface area contributed by atoms with E-state index in [1.165, 1.54) is 15.8 Å². The van der Waals surface area contributed by atoms with Gasteiger partial charge in [-0.3, -0.25) is 4.79 Å². The number of carbonyl (C=O) groups is 1. The number of nitrogens with one attached hydrogen (secondary N) is 1. The Balaban J connectivity index is 1.46. The third-order valence-corrected chi connectivity index (χ3v) is 5.45. The molecule has 0 saturated carbocycles. The van der Waals surface area contributed by atoms with Crippen molar-refractivity contribution in [3.63, 3.8) is 0 Å². The second kappa shape index (κ2) is 7.62.